The summed E-state index contributed by atoms with van der Waals surface area (Å²) in [5.74, 6) is 0.172. The first-order valence-electron chi connectivity index (χ1n) is 4.60. The van der Waals surface area contributed by atoms with Crippen LogP contribution in [0, 0.1) is 0 Å². The van der Waals surface area contributed by atoms with Gasteiger partial charge in [0.25, 0.3) is 5.91 Å². The van der Waals surface area contributed by atoms with Gasteiger partial charge in [0, 0.05) is 25.0 Å². The number of fused-ring (bicyclic) bond motifs is 1. The van der Waals surface area contributed by atoms with E-state index < -0.39 is 0 Å². The van der Waals surface area contributed by atoms with Crippen molar-refractivity contribution in [3.8, 4) is 0 Å². The molecular weight excluding hydrogens is 164 g/mol. The van der Waals surface area contributed by atoms with Crippen molar-refractivity contribution in [2.45, 2.75) is 25.4 Å². The molecule has 0 N–H and O–H groups in total. The number of hydrogen-bond donors (Lipinski definition) is 0. The van der Waals surface area contributed by atoms with E-state index in [0.717, 1.165) is 17.7 Å². The van der Waals surface area contributed by atoms with Gasteiger partial charge in [0.2, 0.25) is 0 Å². The number of carbonyl (C=O) groups excluding carboxylic acids is 1. The summed E-state index contributed by atoms with van der Waals surface area (Å²) in [6.45, 7) is 0.793. The van der Waals surface area contributed by atoms with E-state index in [1.807, 2.05) is 11.0 Å². The van der Waals surface area contributed by atoms with Crippen LogP contribution in [0.5, 0.6) is 0 Å². The molecule has 3 nitrogen and oxygen atoms in total. The molecule has 66 valence electrons. The van der Waals surface area contributed by atoms with E-state index in [1.165, 1.54) is 12.8 Å². The van der Waals surface area contributed by atoms with E-state index in [0.29, 0.717) is 6.04 Å². The van der Waals surface area contributed by atoms with Crippen LogP contribution in [0.25, 0.3) is 0 Å². The lowest BCUT2D eigenvalue weighted by molar-refractivity contribution is 0.0766. The minimum absolute atomic E-state index is 0.172. The van der Waals surface area contributed by atoms with E-state index in [9.17, 15) is 4.79 Å². The second kappa shape index (κ2) is 2.31. The van der Waals surface area contributed by atoms with Crippen LogP contribution in [0.2, 0.25) is 0 Å². The van der Waals surface area contributed by atoms with Gasteiger partial charge in [0.05, 0.1) is 5.56 Å². The predicted octanol–water partition coefficient (Wildman–Crippen LogP) is 1.20. The van der Waals surface area contributed by atoms with Crippen LogP contribution in [0.1, 0.15) is 28.8 Å². The van der Waals surface area contributed by atoms with Crippen molar-refractivity contribution in [2.24, 2.45) is 0 Å². The predicted molar refractivity (Wildman–Crippen MR) is 47.1 cm³/mol. The quantitative estimate of drug-likeness (QED) is 0.641. The molecule has 1 saturated carbocycles. The fourth-order valence-electron chi connectivity index (χ4n) is 1.84. The number of amides is 1. The van der Waals surface area contributed by atoms with Crippen molar-refractivity contribution in [2.75, 3.05) is 0 Å². The molecule has 0 bridgehead atoms. The minimum atomic E-state index is 0.172. The van der Waals surface area contributed by atoms with Crippen LogP contribution in [0.15, 0.2) is 18.5 Å². The van der Waals surface area contributed by atoms with Crippen LogP contribution in [0.3, 0.4) is 0 Å². The number of carbonyl (C=O) groups is 1. The molecule has 0 unspecified atom stereocenters. The standard InChI is InChI=1S/C10H10N2O/c13-10-9-5-11-4-3-7(9)6-12(10)8-1-2-8/h3-5,8H,1-2,6H2. The summed E-state index contributed by atoms with van der Waals surface area (Å²) >= 11 is 0. The van der Waals surface area contributed by atoms with Gasteiger partial charge in [-0.2, -0.15) is 0 Å². The highest BCUT2D eigenvalue weighted by Crippen LogP contribution is 2.33. The first-order chi connectivity index (χ1) is 6.36. The zero-order valence-electron chi connectivity index (χ0n) is 7.23. The second-order valence-corrected chi connectivity index (χ2v) is 3.70. The van der Waals surface area contributed by atoms with Gasteiger partial charge in [0.15, 0.2) is 0 Å². The number of pyridine rings is 1. The summed E-state index contributed by atoms with van der Waals surface area (Å²) < 4.78 is 0. The van der Waals surface area contributed by atoms with Crippen molar-refractivity contribution in [3.05, 3.63) is 29.6 Å². The third-order valence-corrected chi connectivity index (χ3v) is 2.73. The first-order valence-corrected chi connectivity index (χ1v) is 4.60. The maximum atomic E-state index is 11.8. The van der Waals surface area contributed by atoms with Gasteiger partial charge in [0.1, 0.15) is 0 Å². The van der Waals surface area contributed by atoms with Crippen molar-refractivity contribution in [3.63, 3.8) is 0 Å². The molecule has 1 fully saturated rings. The Morgan fingerprint density at radius 3 is 3.00 bits per heavy atom. The molecule has 1 aliphatic carbocycles. The molecule has 2 heterocycles. The van der Waals surface area contributed by atoms with Crippen LogP contribution < -0.4 is 0 Å². The zero-order chi connectivity index (χ0) is 8.84. The summed E-state index contributed by atoms with van der Waals surface area (Å²) in [4.78, 5) is 17.7. The monoisotopic (exact) mass is 174 g/mol. The Bertz CT molecular complexity index is 371. The largest absolute Gasteiger partial charge is 0.331 e. The molecular formula is C10H10N2O. The Labute approximate surface area is 76.4 Å². The molecule has 0 radical (unpaired) electrons. The van der Waals surface area contributed by atoms with E-state index in [-0.39, 0.29) is 5.91 Å². The van der Waals surface area contributed by atoms with Gasteiger partial charge in [-0.05, 0) is 24.5 Å². The maximum Gasteiger partial charge on any atom is 0.256 e. The van der Waals surface area contributed by atoms with Crippen molar-refractivity contribution < 1.29 is 4.79 Å². The molecule has 3 rings (SSSR count). The molecule has 2 aliphatic rings. The summed E-state index contributed by atoms with van der Waals surface area (Å²) in [5, 5.41) is 0. The van der Waals surface area contributed by atoms with Crippen molar-refractivity contribution >= 4 is 5.91 Å². The second-order valence-electron chi connectivity index (χ2n) is 3.70. The van der Waals surface area contributed by atoms with Crippen LogP contribution in [-0.4, -0.2) is 21.8 Å². The summed E-state index contributed by atoms with van der Waals surface area (Å²) in [7, 11) is 0. The SMILES string of the molecule is O=C1c2cnccc2CN1C1CC1. The van der Waals surface area contributed by atoms with E-state index in [1.54, 1.807) is 12.4 Å². The van der Waals surface area contributed by atoms with Crippen molar-refractivity contribution in [1.29, 1.82) is 0 Å². The average Bonchev–Trinajstić information content (AvgIpc) is 2.94. The maximum absolute atomic E-state index is 11.8. The van der Waals surface area contributed by atoms with E-state index >= 15 is 0 Å². The lowest BCUT2D eigenvalue weighted by Crippen LogP contribution is -2.25. The normalized spacial score (nSPS) is 20.6. The molecule has 1 aromatic heterocycles. The highest BCUT2D eigenvalue weighted by atomic mass is 16.2. The molecule has 3 heteroatoms. The highest BCUT2D eigenvalue weighted by molar-refractivity contribution is 5.98. The minimum Gasteiger partial charge on any atom is -0.331 e. The Morgan fingerprint density at radius 2 is 2.31 bits per heavy atom. The molecule has 1 aromatic rings. The molecule has 13 heavy (non-hydrogen) atoms. The highest BCUT2D eigenvalue weighted by Gasteiger charge is 2.37. The number of hydrogen-bond acceptors (Lipinski definition) is 2. The lowest BCUT2D eigenvalue weighted by atomic mass is 10.2. The van der Waals surface area contributed by atoms with Gasteiger partial charge >= 0.3 is 0 Å². The lowest BCUT2D eigenvalue weighted by Gasteiger charge is -2.13. The van der Waals surface area contributed by atoms with Gasteiger partial charge in [-0.1, -0.05) is 0 Å². The molecule has 0 atom stereocenters. The fraction of sp³-hybridized carbons (Fsp3) is 0.400. The third-order valence-electron chi connectivity index (χ3n) is 2.73. The molecule has 1 amide bonds. The van der Waals surface area contributed by atoms with Crippen LogP contribution >= 0.6 is 0 Å². The Morgan fingerprint density at radius 1 is 1.46 bits per heavy atom. The van der Waals surface area contributed by atoms with E-state index in [2.05, 4.69) is 4.98 Å². The number of aromatic nitrogens is 1. The molecule has 0 saturated heterocycles. The fourth-order valence-corrected chi connectivity index (χ4v) is 1.84. The molecule has 0 spiro atoms. The van der Waals surface area contributed by atoms with Crippen LogP contribution in [0.4, 0.5) is 0 Å². The van der Waals surface area contributed by atoms with Gasteiger partial charge < -0.3 is 4.90 Å². The summed E-state index contributed by atoms with van der Waals surface area (Å²) in [6, 6.07) is 2.45. The average molecular weight is 174 g/mol. The van der Waals surface area contributed by atoms with Crippen LogP contribution in [-0.2, 0) is 6.54 Å². The molecule has 0 aromatic carbocycles. The summed E-state index contributed by atoms with van der Waals surface area (Å²) in [6.07, 6.45) is 5.78. The Balaban J connectivity index is 2.01. The topological polar surface area (TPSA) is 33.2 Å². The summed E-state index contributed by atoms with van der Waals surface area (Å²) in [5.41, 5.74) is 1.93. The zero-order valence-corrected chi connectivity index (χ0v) is 7.23. The third kappa shape index (κ3) is 0.963. The van der Waals surface area contributed by atoms with E-state index in [4.69, 9.17) is 0 Å². The van der Waals surface area contributed by atoms with Gasteiger partial charge in [-0.15, -0.1) is 0 Å². The van der Waals surface area contributed by atoms with Crippen molar-refractivity contribution in [1.82, 2.24) is 9.88 Å². The smallest absolute Gasteiger partial charge is 0.256 e. The first kappa shape index (κ1) is 7.06. The van der Waals surface area contributed by atoms with Gasteiger partial charge in [-0.25, -0.2) is 0 Å². The van der Waals surface area contributed by atoms with Gasteiger partial charge in [-0.3, -0.25) is 9.78 Å². The Kier molecular flexibility index (Phi) is 1.26. The number of nitrogens with zero attached hydrogens (tertiary/aromatic N) is 2. The molecule has 1 aliphatic heterocycles. The number of rotatable bonds is 1. The Hall–Kier alpha value is -1.38.